The number of benzene rings is 3. The molecule has 8 heteroatoms. The Hall–Kier alpha value is -3.49. The Morgan fingerprint density at radius 1 is 0.758 bits per heavy atom. The van der Waals surface area contributed by atoms with Crippen molar-refractivity contribution in [3.05, 3.63) is 130 Å². The second-order valence-electron chi connectivity index (χ2n) is 20.6. The van der Waals surface area contributed by atoms with Gasteiger partial charge in [0, 0.05) is 4.91 Å². The summed E-state index contributed by atoms with van der Waals surface area (Å²) in [6.45, 7) is 13.9. The highest BCUT2D eigenvalue weighted by atomic mass is 16.7. The SMILES string of the molecule is CC(C)CCC[C@@H](C)[C@H]1CC[C@H]2[C@@H]3CC=C4C[C@@H](O[C@H]5O[C@H](COCc6ccccc6)[C@H](OCc6ccccc6)[C@H](OCc6ccccc6)[C@H]5N=[N+]=[N-])CC[C@]4(C)[C@H]3CC[C@]12C. The fraction of sp³-hybridized carbons (Fsp3) is 0.630. The average Bonchev–Trinajstić information content (AvgIpc) is 3.64. The van der Waals surface area contributed by atoms with Crippen LogP contribution in [0.2, 0.25) is 0 Å². The van der Waals surface area contributed by atoms with Crippen LogP contribution < -0.4 is 0 Å². The summed E-state index contributed by atoms with van der Waals surface area (Å²) in [5.74, 6) is 4.80. The number of hydrogen-bond donors (Lipinski definition) is 0. The number of fused-ring (bicyclic) bond motifs is 5. The minimum atomic E-state index is -0.826. The van der Waals surface area contributed by atoms with Crippen LogP contribution >= 0.6 is 0 Å². The number of hydrogen-bond acceptors (Lipinski definition) is 6. The molecule has 3 saturated carbocycles. The first-order valence-corrected chi connectivity index (χ1v) is 24.1. The van der Waals surface area contributed by atoms with Crippen molar-refractivity contribution in [2.45, 2.75) is 162 Å². The van der Waals surface area contributed by atoms with Crippen LogP contribution in [-0.4, -0.2) is 43.4 Å². The molecule has 0 unspecified atom stereocenters. The van der Waals surface area contributed by atoms with Crippen molar-refractivity contribution < 1.29 is 23.7 Å². The van der Waals surface area contributed by atoms with Crippen LogP contribution in [0.5, 0.6) is 0 Å². The van der Waals surface area contributed by atoms with Gasteiger partial charge in [0.25, 0.3) is 0 Å². The molecule has 8 nitrogen and oxygen atoms in total. The Balaban J connectivity index is 1.00. The maximum Gasteiger partial charge on any atom is 0.169 e. The van der Waals surface area contributed by atoms with Gasteiger partial charge in [-0.05, 0) is 120 Å². The third-order valence-corrected chi connectivity index (χ3v) is 16.4. The highest BCUT2D eigenvalue weighted by Gasteiger charge is 2.59. The van der Waals surface area contributed by atoms with E-state index in [1.807, 2.05) is 78.9 Å². The van der Waals surface area contributed by atoms with Gasteiger partial charge in [-0.25, -0.2) is 0 Å². The van der Waals surface area contributed by atoms with E-state index in [4.69, 9.17) is 23.7 Å². The van der Waals surface area contributed by atoms with E-state index in [1.165, 1.54) is 51.4 Å². The molecular formula is C54H73N3O5. The van der Waals surface area contributed by atoms with Crippen molar-refractivity contribution in [3.63, 3.8) is 0 Å². The molecule has 1 aliphatic heterocycles. The van der Waals surface area contributed by atoms with Crippen LogP contribution in [0.25, 0.3) is 10.4 Å². The van der Waals surface area contributed by atoms with E-state index in [0.29, 0.717) is 25.2 Å². The number of nitrogens with zero attached hydrogens (tertiary/aromatic N) is 3. The molecule has 3 aromatic rings. The van der Waals surface area contributed by atoms with Crippen molar-refractivity contribution in [3.8, 4) is 0 Å². The number of allylic oxidation sites excluding steroid dienone is 1. The fourth-order valence-corrected chi connectivity index (χ4v) is 13.1. The smallest absolute Gasteiger partial charge is 0.169 e. The van der Waals surface area contributed by atoms with Crippen LogP contribution in [0.3, 0.4) is 0 Å². The van der Waals surface area contributed by atoms with E-state index in [0.717, 1.165) is 71.5 Å². The summed E-state index contributed by atoms with van der Waals surface area (Å²) in [5, 5.41) is 4.39. The van der Waals surface area contributed by atoms with Crippen LogP contribution in [0.4, 0.5) is 0 Å². The molecule has 13 atom stereocenters. The third-order valence-electron chi connectivity index (χ3n) is 16.4. The Bertz CT molecular complexity index is 1940. The normalized spacial score (nSPS) is 34.6. The zero-order valence-electron chi connectivity index (χ0n) is 38.2. The summed E-state index contributed by atoms with van der Waals surface area (Å²) >= 11 is 0. The molecule has 1 heterocycles. The van der Waals surface area contributed by atoms with E-state index in [9.17, 15) is 5.53 Å². The topological polar surface area (TPSA) is 94.9 Å². The summed E-state index contributed by atoms with van der Waals surface area (Å²) in [6, 6.07) is 29.6. The predicted octanol–water partition coefficient (Wildman–Crippen LogP) is 13.2. The van der Waals surface area contributed by atoms with Crippen LogP contribution in [0.15, 0.2) is 108 Å². The van der Waals surface area contributed by atoms with Gasteiger partial charge < -0.3 is 23.7 Å². The first-order valence-electron chi connectivity index (χ1n) is 24.1. The minimum absolute atomic E-state index is 0.0638. The van der Waals surface area contributed by atoms with E-state index < -0.39 is 30.6 Å². The van der Waals surface area contributed by atoms with Crippen molar-refractivity contribution >= 4 is 0 Å². The molecule has 334 valence electrons. The largest absolute Gasteiger partial charge is 0.374 e. The molecule has 62 heavy (non-hydrogen) atoms. The van der Waals surface area contributed by atoms with Crippen LogP contribution in [-0.2, 0) is 43.5 Å². The van der Waals surface area contributed by atoms with Gasteiger partial charge in [-0.2, -0.15) is 0 Å². The third kappa shape index (κ3) is 10.1. The number of azide groups is 1. The second kappa shape index (κ2) is 20.6. The maximum absolute atomic E-state index is 10.1. The lowest BCUT2D eigenvalue weighted by Gasteiger charge is -2.58. The van der Waals surface area contributed by atoms with E-state index >= 15 is 0 Å². The summed E-state index contributed by atoms with van der Waals surface area (Å²) in [7, 11) is 0. The van der Waals surface area contributed by atoms with Gasteiger partial charge in [0.05, 0.1) is 32.5 Å². The van der Waals surface area contributed by atoms with Gasteiger partial charge in [-0.3, -0.25) is 0 Å². The van der Waals surface area contributed by atoms with Crippen molar-refractivity contribution in [1.82, 2.24) is 0 Å². The lowest BCUT2D eigenvalue weighted by Crippen LogP contribution is -2.61. The van der Waals surface area contributed by atoms with Gasteiger partial charge in [0.2, 0.25) is 0 Å². The first kappa shape index (κ1) is 45.1. The molecule has 0 bridgehead atoms. The van der Waals surface area contributed by atoms with E-state index in [2.05, 4.69) is 62.9 Å². The molecule has 4 fully saturated rings. The molecule has 0 radical (unpaired) electrons. The van der Waals surface area contributed by atoms with Crippen LogP contribution in [0, 0.1) is 46.3 Å². The zero-order chi connectivity index (χ0) is 43.1. The molecule has 8 rings (SSSR count). The summed E-state index contributed by atoms with van der Waals surface area (Å²) in [4.78, 5) is 3.37. The van der Waals surface area contributed by atoms with Gasteiger partial charge in [-0.15, -0.1) is 0 Å². The fourth-order valence-electron chi connectivity index (χ4n) is 13.1. The molecule has 5 aliphatic rings. The Kier molecular flexibility index (Phi) is 15.0. The van der Waals surface area contributed by atoms with Crippen molar-refractivity contribution in [1.29, 1.82) is 0 Å². The molecule has 0 aromatic heterocycles. The van der Waals surface area contributed by atoms with E-state index in [1.54, 1.807) is 5.57 Å². The van der Waals surface area contributed by atoms with Crippen molar-refractivity contribution in [2.24, 2.45) is 51.5 Å². The molecule has 3 aromatic carbocycles. The molecule has 0 spiro atoms. The molecular weight excluding hydrogens is 771 g/mol. The van der Waals surface area contributed by atoms with E-state index in [-0.39, 0.29) is 18.1 Å². The first-order chi connectivity index (χ1) is 30.2. The Morgan fingerprint density at radius 3 is 2.05 bits per heavy atom. The monoisotopic (exact) mass is 844 g/mol. The molecule has 0 amide bonds. The lowest BCUT2D eigenvalue weighted by molar-refractivity contribution is -0.297. The van der Waals surface area contributed by atoms with Crippen molar-refractivity contribution in [2.75, 3.05) is 6.61 Å². The lowest BCUT2D eigenvalue weighted by atomic mass is 9.47. The zero-order valence-corrected chi connectivity index (χ0v) is 38.2. The standard InChI is InChI=1S/C54H73N3O5/c1-37(2)16-15-17-38(3)45-26-27-46-44-25-24-42-32-43(28-30-53(42,4)47(44)29-31-54(45,46)5)61-52-49(56-57-55)51(60-35-41-22-13-8-14-23-41)50(59-34-40-20-11-7-12-21-40)48(62-52)36-58-33-39-18-9-6-10-19-39/h6-14,18-24,37-38,43-52H,15-17,25-36H2,1-5H3/t38-,43+,44+,45-,46+,47+,48-,49-,50+,51-,52+,53+,54-/m1/s1. The van der Waals surface area contributed by atoms with Gasteiger partial charge in [0.1, 0.15) is 24.4 Å². The number of rotatable bonds is 18. The van der Waals surface area contributed by atoms with Gasteiger partial charge in [0.15, 0.2) is 6.29 Å². The number of ether oxygens (including phenoxy) is 5. The minimum Gasteiger partial charge on any atom is -0.374 e. The molecule has 1 saturated heterocycles. The quantitative estimate of drug-likeness (QED) is 0.0550. The Morgan fingerprint density at radius 2 is 1.40 bits per heavy atom. The molecule has 0 N–H and O–H groups in total. The van der Waals surface area contributed by atoms with Gasteiger partial charge in [-0.1, -0.05) is 162 Å². The Labute approximate surface area is 372 Å². The molecule has 4 aliphatic carbocycles. The van der Waals surface area contributed by atoms with Crippen LogP contribution in [0.1, 0.15) is 122 Å². The van der Waals surface area contributed by atoms with Gasteiger partial charge >= 0.3 is 0 Å². The summed E-state index contributed by atoms with van der Waals surface area (Å²) < 4.78 is 33.9. The summed E-state index contributed by atoms with van der Waals surface area (Å²) in [5.41, 5.74) is 15.4. The predicted molar refractivity (Wildman–Crippen MR) is 246 cm³/mol. The maximum atomic E-state index is 10.1. The summed E-state index contributed by atoms with van der Waals surface area (Å²) in [6.07, 6.45) is 13.7. The highest BCUT2D eigenvalue weighted by Crippen LogP contribution is 2.67. The second-order valence-corrected chi connectivity index (χ2v) is 20.6. The average molecular weight is 844 g/mol. The highest BCUT2D eigenvalue weighted by molar-refractivity contribution is 5.26.